The molecule has 10 nitrogen and oxygen atoms in total. The van der Waals surface area contributed by atoms with E-state index >= 15 is 0 Å². The van der Waals surface area contributed by atoms with Crippen LogP contribution in [0.4, 0.5) is 17.1 Å². The van der Waals surface area contributed by atoms with E-state index in [1.165, 1.54) is 24.3 Å². The van der Waals surface area contributed by atoms with Crippen molar-refractivity contribution in [2.24, 2.45) is 0 Å². The molecule has 2 aromatic rings. The van der Waals surface area contributed by atoms with Crippen molar-refractivity contribution < 1.29 is 30.7 Å². The van der Waals surface area contributed by atoms with E-state index in [1.54, 1.807) is 12.1 Å². The number of hydrogen-bond donors (Lipinski definition) is 5. The quantitative estimate of drug-likeness (QED) is 0.252. The van der Waals surface area contributed by atoms with Crippen molar-refractivity contribution in [3.8, 4) is 5.75 Å². The number of anilines is 3. The van der Waals surface area contributed by atoms with Gasteiger partial charge in [-0.3, -0.25) is 9.11 Å². The van der Waals surface area contributed by atoms with Gasteiger partial charge in [-0.1, -0.05) is 0 Å². The van der Waals surface area contributed by atoms with Gasteiger partial charge in [-0.05, 0) is 49.2 Å². The zero-order chi connectivity index (χ0) is 21.5. The van der Waals surface area contributed by atoms with Crippen LogP contribution in [-0.4, -0.2) is 38.3 Å². The summed E-state index contributed by atoms with van der Waals surface area (Å²) in [4.78, 5) is -0.147. The van der Waals surface area contributed by atoms with Crippen LogP contribution in [0, 0.1) is 6.92 Å². The van der Waals surface area contributed by atoms with Crippen LogP contribution in [0.25, 0.3) is 0 Å². The van der Waals surface area contributed by atoms with Crippen LogP contribution in [0.3, 0.4) is 0 Å². The first-order chi connectivity index (χ1) is 12.8. The summed E-state index contributed by atoms with van der Waals surface area (Å²) in [6.45, 7) is 1.97. The molecule has 0 aromatic heterocycles. The van der Waals surface area contributed by atoms with E-state index < -0.39 is 20.2 Å². The molecule has 0 spiro atoms. The maximum Gasteiger partial charge on any atom is 0.294 e. The van der Waals surface area contributed by atoms with Gasteiger partial charge in [0.25, 0.3) is 20.2 Å². The van der Waals surface area contributed by atoms with Crippen LogP contribution >= 0.6 is 0 Å². The minimum Gasteiger partial charge on any atom is -0.491 e. The van der Waals surface area contributed by atoms with Gasteiger partial charge in [-0.25, -0.2) is 0 Å². The molecule has 0 saturated carbocycles. The normalized spacial score (nSPS) is 11.4. The smallest absolute Gasteiger partial charge is 0.294 e. The third kappa shape index (κ3) is 8.43. The first kappa shape index (κ1) is 23.5. The molecule has 2 aromatic carbocycles. The number of nitrogen functional groups attached to an aromatic ring is 3. The molecule has 0 aliphatic carbocycles. The maximum atomic E-state index is 10.5. The first-order valence-corrected chi connectivity index (χ1v) is 10.9. The highest BCUT2D eigenvalue weighted by Gasteiger charge is 2.08. The Bertz CT molecular complexity index is 1010. The molecule has 0 amide bonds. The Hall–Kier alpha value is -2.54. The second-order valence-corrected chi connectivity index (χ2v) is 8.77. The van der Waals surface area contributed by atoms with Crippen molar-refractivity contribution in [2.45, 2.75) is 18.2 Å². The van der Waals surface area contributed by atoms with E-state index in [4.69, 9.17) is 31.0 Å². The third-order valence-electron chi connectivity index (χ3n) is 3.38. The molecule has 28 heavy (non-hydrogen) atoms. The highest BCUT2D eigenvalue weighted by atomic mass is 32.2. The average molecular weight is 434 g/mol. The van der Waals surface area contributed by atoms with Crippen molar-refractivity contribution in [3.63, 3.8) is 0 Å². The summed E-state index contributed by atoms with van der Waals surface area (Å²) >= 11 is 0. The Morgan fingerprint density at radius 1 is 0.929 bits per heavy atom. The van der Waals surface area contributed by atoms with Crippen molar-refractivity contribution in [1.82, 2.24) is 0 Å². The molecule has 0 bridgehead atoms. The molecule has 8 N–H and O–H groups in total. The SMILES string of the molecule is Cc1cc(N)c(OCCCS(=O)(=O)O)cc1N.Nc1ccc(S(=O)(=O)O)cc1. The number of benzene rings is 2. The molecule has 12 heteroatoms. The molecule has 0 saturated heterocycles. The number of ether oxygens (including phenoxy) is 1. The zero-order valence-electron chi connectivity index (χ0n) is 15.1. The maximum absolute atomic E-state index is 10.5. The van der Waals surface area contributed by atoms with E-state index in [0.717, 1.165) is 5.56 Å². The molecule has 0 unspecified atom stereocenters. The Balaban J connectivity index is 0.000000307. The molecule has 0 heterocycles. The second-order valence-electron chi connectivity index (χ2n) is 5.78. The Kier molecular flexibility index (Phi) is 8.05. The lowest BCUT2D eigenvalue weighted by Crippen LogP contribution is -2.09. The van der Waals surface area contributed by atoms with Crippen molar-refractivity contribution in [1.29, 1.82) is 0 Å². The van der Waals surface area contributed by atoms with Crippen molar-refractivity contribution in [3.05, 3.63) is 42.0 Å². The van der Waals surface area contributed by atoms with E-state index in [9.17, 15) is 16.8 Å². The van der Waals surface area contributed by atoms with Gasteiger partial charge >= 0.3 is 0 Å². The second kappa shape index (κ2) is 9.59. The van der Waals surface area contributed by atoms with Gasteiger partial charge < -0.3 is 21.9 Å². The topological polar surface area (TPSA) is 196 Å². The molecular weight excluding hydrogens is 410 g/mol. The predicted octanol–water partition coefficient (Wildman–Crippen LogP) is 1.33. The summed E-state index contributed by atoms with van der Waals surface area (Å²) in [7, 11) is -8.01. The fourth-order valence-electron chi connectivity index (χ4n) is 1.91. The first-order valence-electron chi connectivity index (χ1n) is 7.86. The highest BCUT2D eigenvalue weighted by molar-refractivity contribution is 7.86. The van der Waals surface area contributed by atoms with Crippen molar-refractivity contribution >= 4 is 37.3 Å². The molecule has 0 atom stereocenters. The van der Waals surface area contributed by atoms with Crippen LogP contribution in [0.1, 0.15) is 12.0 Å². The van der Waals surface area contributed by atoms with Gasteiger partial charge in [0.05, 0.1) is 22.9 Å². The van der Waals surface area contributed by atoms with Gasteiger partial charge in [0, 0.05) is 17.4 Å². The Morgan fingerprint density at radius 3 is 2.00 bits per heavy atom. The molecule has 2 rings (SSSR count). The molecule has 0 aliphatic rings. The molecule has 156 valence electrons. The average Bonchev–Trinajstić information content (AvgIpc) is 2.55. The van der Waals surface area contributed by atoms with Gasteiger partial charge in [-0.15, -0.1) is 0 Å². The monoisotopic (exact) mass is 433 g/mol. The zero-order valence-corrected chi connectivity index (χ0v) is 16.7. The Morgan fingerprint density at radius 2 is 1.50 bits per heavy atom. The number of nitrogens with two attached hydrogens (primary N) is 3. The lowest BCUT2D eigenvalue weighted by Gasteiger charge is -2.10. The van der Waals surface area contributed by atoms with E-state index in [2.05, 4.69) is 0 Å². The summed E-state index contributed by atoms with van der Waals surface area (Å²) in [5.74, 6) is 0.0808. The summed E-state index contributed by atoms with van der Waals surface area (Å²) < 4.78 is 64.2. The molecule has 0 fully saturated rings. The van der Waals surface area contributed by atoms with Crippen LogP contribution in [0.5, 0.6) is 5.75 Å². The number of rotatable bonds is 6. The number of hydrogen-bond acceptors (Lipinski definition) is 8. The van der Waals surface area contributed by atoms with Crippen LogP contribution < -0.4 is 21.9 Å². The molecule has 0 radical (unpaired) electrons. The van der Waals surface area contributed by atoms with Crippen molar-refractivity contribution in [2.75, 3.05) is 29.6 Å². The minimum atomic E-state index is -4.08. The summed E-state index contributed by atoms with van der Waals surface area (Å²) in [5.41, 5.74) is 19.0. The predicted molar refractivity (Wildman–Crippen MR) is 107 cm³/mol. The summed E-state index contributed by atoms with van der Waals surface area (Å²) in [6, 6.07) is 8.58. The largest absolute Gasteiger partial charge is 0.491 e. The van der Waals surface area contributed by atoms with E-state index in [1.807, 2.05) is 6.92 Å². The summed E-state index contributed by atoms with van der Waals surface area (Å²) in [6.07, 6.45) is 0.187. The van der Waals surface area contributed by atoms with Gasteiger partial charge in [-0.2, -0.15) is 16.8 Å². The summed E-state index contributed by atoms with van der Waals surface area (Å²) in [5, 5.41) is 0. The van der Waals surface area contributed by atoms with Crippen LogP contribution in [0.15, 0.2) is 41.3 Å². The Labute approximate surface area is 163 Å². The standard InChI is InChI=1S/C10H16N2O4S.C6H7NO3S/c1-7-5-9(12)10(6-8(7)11)16-3-2-4-17(13,14)15;7-5-1-3-6(4-2-5)11(8,9)10/h5-6H,2-4,11-12H2,1H3,(H,13,14,15);1-4H,7H2,(H,8,9,10). The third-order valence-corrected chi connectivity index (χ3v) is 5.05. The fourth-order valence-corrected chi connectivity index (χ4v) is 2.88. The van der Waals surface area contributed by atoms with Crippen LogP contribution in [-0.2, 0) is 20.2 Å². The van der Waals surface area contributed by atoms with E-state index in [0.29, 0.717) is 22.8 Å². The highest BCUT2D eigenvalue weighted by Crippen LogP contribution is 2.27. The number of aryl methyl sites for hydroxylation is 1. The molecule has 0 aliphatic heterocycles. The van der Waals surface area contributed by atoms with Gasteiger partial charge in [0.2, 0.25) is 0 Å². The van der Waals surface area contributed by atoms with E-state index in [-0.39, 0.29) is 23.7 Å². The lowest BCUT2D eigenvalue weighted by molar-refractivity contribution is 0.318. The van der Waals surface area contributed by atoms with Gasteiger partial charge in [0.15, 0.2) is 0 Å². The lowest BCUT2D eigenvalue weighted by atomic mass is 10.1. The van der Waals surface area contributed by atoms with Crippen LogP contribution in [0.2, 0.25) is 0 Å². The van der Waals surface area contributed by atoms with Gasteiger partial charge in [0.1, 0.15) is 5.75 Å². The fraction of sp³-hybridized carbons (Fsp3) is 0.250. The molecular formula is C16H23N3O7S2. The minimum absolute atomic E-state index is 0.145.